The maximum absolute atomic E-state index is 13.8. The molecule has 1 aliphatic heterocycles. The van der Waals surface area contributed by atoms with Crippen LogP contribution < -0.4 is 29.6 Å². The third kappa shape index (κ3) is 7.11. The first kappa shape index (κ1) is 29.8. The van der Waals surface area contributed by atoms with Crippen LogP contribution in [0.3, 0.4) is 0 Å². The fourth-order valence-corrected chi connectivity index (χ4v) is 7.14. The maximum atomic E-state index is 13.8. The lowest BCUT2D eigenvalue weighted by atomic mass is 10.2. The topological polar surface area (TPSA) is 182 Å². The van der Waals surface area contributed by atoms with Gasteiger partial charge in [-0.15, -0.1) is 0 Å². The van der Waals surface area contributed by atoms with Crippen LogP contribution in [0.15, 0.2) is 75.6 Å². The Morgan fingerprint density at radius 1 is 0.976 bits per heavy atom. The van der Waals surface area contributed by atoms with Crippen LogP contribution in [0.4, 0.5) is 5.69 Å². The molecule has 0 atom stereocenters. The van der Waals surface area contributed by atoms with Gasteiger partial charge in [-0.1, -0.05) is 18.2 Å². The average Bonchev–Trinajstić information content (AvgIpc) is 3.38. The molecule has 0 aromatic heterocycles. The summed E-state index contributed by atoms with van der Waals surface area (Å²) in [6.45, 7) is 4.06. The number of aryl methyl sites for hydroxylation is 1. The zero-order chi connectivity index (χ0) is 29.6. The van der Waals surface area contributed by atoms with E-state index < -0.39 is 29.9 Å². The second-order valence-electron chi connectivity index (χ2n) is 8.82. The lowest BCUT2D eigenvalue weighted by Gasteiger charge is -2.24. The molecule has 0 aliphatic carbocycles. The third-order valence-electron chi connectivity index (χ3n) is 5.72. The molecule has 3 aromatic carbocycles. The number of sulfonamides is 1. The summed E-state index contributed by atoms with van der Waals surface area (Å²) in [5.74, 6) is 0.487. The fraction of sp³-hybridized carbons (Fsp3) is 0.269. The number of guanidine groups is 1. The second kappa shape index (κ2) is 12.5. The Balaban J connectivity index is 1.57. The van der Waals surface area contributed by atoms with Gasteiger partial charge >= 0.3 is 10.1 Å². The molecule has 0 fully saturated rings. The van der Waals surface area contributed by atoms with Gasteiger partial charge in [0.1, 0.15) is 34.5 Å². The van der Waals surface area contributed by atoms with Gasteiger partial charge in [-0.05, 0) is 54.9 Å². The smallest absolute Gasteiger partial charge is 0.340 e. The first-order chi connectivity index (χ1) is 19.5. The Morgan fingerprint density at radius 3 is 2.44 bits per heavy atom. The van der Waals surface area contributed by atoms with Crippen LogP contribution in [0.2, 0.25) is 0 Å². The van der Waals surface area contributed by atoms with Crippen molar-refractivity contribution in [2.75, 3.05) is 24.1 Å². The quantitative estimate of drug-likeness (QED) is 0.0729. The van der Waals surface area contributed by atoms with Crippen LogP contribution in [0, 0.1) is 6.92 Å². The van der Waals surface area contributed by atoms with Crippen molar-refractivity contribution in [1.82, 2.24) is 0 Å². The fourth-order valence-electron chi connectivity index (χ4n) is 3.98. The van der Waals surface area contributed by atoms with E-state index in [1.54, 1.807) is 32.0 Å². The van der Waals surface area contributed by atoms with Crippen LogP contribution in [-0.2, 0) is 36.5 Å². The standard InChI is InChI=1S/C26H30N4O9S2/c1-3-30(20-10-9-19-17-37-38-23(19)15-20)40(31,32)24-7-4-5-8-25(24)41(33,34)39-22-14-18(2)13-21(16-22)35-11-6-12-36-29-26(27)28/h4-5,7-10,13-16H,3,6,11-12,17H2,1-2H3,(H4,27,28,29). The lowest BCUT2D eigenvalue weighted by molar-refractivity contribution is -0.194. The van der Waals surface area contributed by atoms with Crippen molar-refractivity contribution in [3.8, 4) is 17.2 Å². The Morgan fingerprint density at radius 2 is 1.71 bits per heavy atom. The SMILES string of the molecule is CCN(c1ccc2c(c1)OOC2)S(=O)(=O)c1ccccc1S(=O)(=O)Oc1cc(C)cc(OCCCON=C(N)N)c1. The number of anilines is 1. The number of hydrogen-bond acceptors (Lipinski definition) is 10. The molecule has 0 saturated carbocycles. The molecule has 0 saturated heterocycles. The van der Waals surface area contributed by atoms with Crippen LogP contribution in [0.1, 0.15) is 24.5 Å². The summed E-state index contributed by atoms with van der Waals surface area (Å²) in [4.78, 5) is 14.0. The van der Waals surface area contributed by atoms with Gasteiger partial charge in [0.2, 0.25) is 5.96 Å². The molecule has 0 amide bonds. The minimum absolute atomic E-state index is 0.0206. The highest BCUT2D eigenvalue weighted by atomic mass is 32.2. The number of nitrogens with zero attached hydrogens (tertiary/aromatic N) is 2. The molecule has 15 heteroatoms. The van der Waals surface area contributed by atoms with Crippen molar-refractivity contribution in [2.45, 2.75) is 36.7 Å². The van der Waals surface area contributed by atoms with Crippen LogP contribution >= 0.6 is 0 Å². The minimum Gasteiger partial charge on any atom is -0.493 e. The maximum Gasteiger partial charge on any atom is 0.340 e. The highest BCUT2D eigenvalue weighted by Gasteiger charge is 2.33. The molecule has 4 N–H and O–H groups in total. The number of ether oxygens (including phenoxy) is 1. The zero-order valence-corrected chi connectivity index (χ0v) is 24.0. The number of fused-ring (bicyclic) bond motifs is 1. The van der Waals surface area contributed by atoms with E-state index in [2.05, 4.69) is 5.16 Å². The average molecular weight is 607 g/mol. The summed E-state index contributed by atoms with van der Waals surface area (Å²) < 4.78 is 66.7. The Kier molecular flexibility index (Phi) is 9.10. The molecular formula is C26H30N4O9S2. The second-order valence-corrected chi connectivity index (χ2v) is 12.2. The molecule has 0 bridgehead atoms. The molecule has 1 heterocycles. The Bertz CT molecular complexity index is 1640. The van der Waals surface area contributed by atoms with Crippen LogP contribution in [-0.4, -0.2) is 42.6 Å². The van der Waals surface area contributed by atoms with Crippen molar-refractivity contribution in [3.05, 3.63) is 71.8 Å². The third-order valence-corrected chi connectivity index (χ3v) is 9.12. The van der Waals surface area contributed by atoms with E-state index in [1.807, 2.05) is 0 Å². The number of oxime groups is 1. The molecular weight excluding hydrogens is 576 g/mol. The number of hydrogen-bond donors (Lipinski definition) is 2. The molecule has 1 aliphatic rings. The predicted octanol–water partition coefficient (Wildman–Crippen LogP) is 2.78. The van der Waals surface area contributed by atoms with Gasteiger partial charge in [0, 0.05) is 30.7 Å². The normalized spacial score (nSPS) is 12.6. The monoisotopic (exact) mass is 606 g/mol. The van der Waals surface area contributed by atoms with Crippen molar-refractivity contribution < 1.29 is 40.4 Å². The van der Waals surface area contributed by atoms with E-state index in [0.717, 1.165) is 9.87 Å². The number of nitrogens with two attached hydrogens (primary N) is 2. The lowest BCUT2D eigenvalue weighted by Crippen LogP contribution is -2.32. The zero-order valence-electron chi connectivity index (χ0n) is 22.3. The van der Waals surface area contributed by atoms with Crippen molar-refractivity contribution >= 4 is 31.8 Å². The molecule has 13 nitrogen and oxygen atoms in total. The van der Waals surface area contributed by atoms with Crippen LogP contribution in [0.5, 0.6) is 17.2 Å². The first-order valence-electron chi connectivity index (χ1n) is 12.5. The summed E-state index contributed by atoms with van der Waals surface area (Å²) >= 11 is 0. The van der Waals surface area contributed by atoms with E-state index in [9.17, 15) is 16.8 Å². The van der Waals surface area contributed by atoms with Gasteiger partial charge in [-0.25, -0.2) is 8.42 Å². The summed E-state index contributed by atoms with van der Waals surface area (Å²) in [7, 11) is -8.95. The first-order valence-corrected chi connectivity index (χ1v) is 15.3. The van der Waals surface area contributed by atoms with E-state index in [1.165, 1.54) is 42.5 Å². The minimum atomic E-state index is -4.60. The van der Waals surface area contributed by atoms with Crippen molar-refractivity contribution in [1.29, 1.82) is 0 Å². The van der Waals surface area contributed by atoms with Gasteiger partial charge in [-0.3, -0.25) is 4.31 Å². The summed E-state index contributed by atoms with van der Waals surface area (Å²) in [6.07, 6.45) is 0.446. The number of benzene rings is 3. The van der Waals surface area contributed by atoms with Crippen LogP contribution in [0.25, 0.3) is 0 Å². The largest absolute Gasteiger partial charge is 0.493 e. The van der Waals surface area contributed by atoms with E-state index in [4.69, 9.17) is 35.0 Å². The highest BCUT2D eigenvalue weighted by Crippen LogP contribution is 2.35. The van der Waals surface area contributed by atoms with Gasteiger partial charge in [-0.2, -0.15) is 13.3 Å². The Labute approximate surface area is 238 Å². The molecule has 3 aromatic rings. The van der Waals surface area contributed by atoms with E-state index in [-0.39, 0.29) is 43.8 Å². The molecule has 220 valence electrons. The van der Waals surface area contributed by atoms with Gasteiger partial charge < -0.3 is 30.1 Å². The van der Waals surface area contributed by atoms with Gasteiger partial charge in [0.15, 0.2) is 5.75 Å². The predicted molar refractivity (Wildman–Crippen MR) is 149 cm³/mol. The van der Waals surface area contributed by atoms with E-state index in [0.29, 0.717) is 23.5 Å². The summed E-state index contributed by atoms with van der Waals surface area (Å²) in [6, 6.07) is 14.7. The highest BCUT2D eigenvalue weighted by molar-refractivity contribution is 7.94. The molecule has 0 unspecified atom stereocenters. The van der Waals surface area contributed by atoms with Gasteiger partial charge in [0.25, 0.3) is 10.0 Å². The molecule has 4 rings (SSSR count). The van der Waals surface area contributed by atoms with E-state index >= 15 is 0 Å². The van der Waals surface area contributed by atoms with Crippen molar-refractivity contribution in [3.63, 3.8) is 0 Å². The van der Waals surface area contributed by atoms with Crippen molar-refractivity contribution in [2.24, 2.45) is 16.6 Å². The molecule has 41 heavy (non-hydrogen) atoms. The molecule has 0 radical (unpaired) electrons. The summed E-state index contributed by atoms with van der Waals surface area (Å²) in [5, 5.41) is 3.41. The number of rotatable bonds is 13. The van der Waals surface area contributed by atoms with Gasteiger partial charge in [0.05, 0.1) is 12.3 Å². The Hall–Kier alpha value is -4.21. The molecule has 0 spiro atoms. The summed E-state index contributed by atoms with van der Waals surface area (Å²) in [5.41, 5.74) is 12.1.